The van der Waals surface area contributed by atoms with Crippen molar-refractivity contribution in [3.63, 3.8) is 0 Å². The number of Topliss-reactive ketones (excluding diaryl/α,β-unsaturated/α-hetero) is 2. The quantitative estimate of drug-likeness (QED) is 0.596. The molecule has 0 heterocycles. The molecule has 1 fully saturated rings. The average molecular weight is 352 g/mol. The highest BCUT2D eigenvalue weighted by Gasteiger charge is 2.46. The standard InChI is InChI=1S/C21H24N2O3/c1-22(2)15-9-5-13(6-10-15)17-19(24)18(21(26)20(17)25)14-7-11-16(12-8-14)23(3)4/h5-13,17-19H,1-4H3. The van der Waals surface area contributed by atoms with Crippen LogP contribution in [0.4, 0.5) is 5.69 Å². The van der Waals surface area contributed by atoms with Gasteiger partial charge in [-0.2, -0.15) is 0 Å². The van der Waals surface area contributed by atoms with Crippen molar-refractivity contribution in [3.05, 3.63) is 54.1 Å². The Labute approximate surface area is 153 Å². The Hall–Kier alpha value is -2.53. The molecule has 1 saturated carbocycles. The number of hydrogen-bond donors (Lipinski definition) is 0. The van der Waals surface area contributed by atoms with E-state index in [0.717, 1.165) is 11.4 Å². The van der Waals surface area contributed by atoms with Crippen LogP contribution in [-0.2, 0) is 9.59 Å². The molecule has 5 nitrogen and oxygen atoms in total. The van der Waals surface area contributed by atoms with Crippen LogP contribution in [0.2, 0.25) is 0 Å². The van der Waals surface area contributed by atoms with Crippen molar-refractivity contribution >= 4 is 23.0 Å². The number of rotatable bonds is 3. The molecule has 5 heteroatoms. The molecular formula is C21H24N2O3. The van der Waals surface area contributed by atoms with Crippen LogP contribution in [0.5, 0.6) is 0 Å². The molecule has 0 aromatic heterocycles. The SMILES string of the molecule is CN(C)c1ccc(C2C(=O)C(=O)C(C3C=CC(=[N+](C)C)C=C3)C2[O-])cc1. The van der Waals surface area contributed by atoms with E-state index in [1.54, 1.807) is 12.1 Å². The molecule has 0 radical (unpaired) electrons. The zero-order valence-electron chi connectivity index (χ0n) is 15.5. The molecular weight excluding hydrogens is 328 g/mol. The normalized spacial score (nSPS) is 28.0. The number of anilines is 1. The van der Waals surface area contributed by atoms with Gasteiger partial charge in [-0.25, -0.2) is 4.58 Å². The van der Waals surface area contributed by atoms with Gasteiger partial charge in [0, 0.05) is 49.7 Å². The summed E-state index contributed by atoms with van der Waals surface area (Å²) in [5.41, 5.74) is 2.60. The van der Waals surface area contributed by atoms with Crippen molar-refractivity contribution in [1.29, 1.82) is 0 Å². The van der Waals surface area contributed by atoms with Gasteiger partial charge in [-0.3, -0.25) is 9.59 Å². The summed E-state index contributed by atoms with van der Waals surface area (Å²) in [6, 6.07) is 7.30. The first kappa shape index (κ1) is 18.3. The molecule has 0 N–H and O–H groups in total. The molecule has 2 aliphatic rings. The van der Waals surface area contributed by atoms with E-state index in [1.807, 2.05) is 74.1 Å². The lowest BCUT2D eigenvalue weighted by atomic mass is 9.83. The third-order valence-corrected chi connectivity index (χ3v) is 5.19. The molecule has 1 aromatic carbocycles. The van der Waals surface area contributed by atoms with Gasteiger partial charge in [-0.15, -0.1) is 6.10 Å². The summed E-state index contributed by atoms with van der Waals surface area (Å²) < 4.78 is 1.95. The summed E-state index contributed by atoms with van der Waals surface area (Å²) in [5, 5.41) is 13.0. The van der Waals surface area contributed by atoms with Gasteiger partial charge in [0.05, 0.1) is 0 Å². The van der Waals surface area contributed by atoms with E-state index in [0.29, 0.717) is 5.56 Å². The minimum absolute atomic E-state index is 0.330. The second kappa shape index (κ2) is 7.00. The summed E-state index contributed by atoms with van der Waals surface area (Å²) in [6.45, 7) is 0. The molecule has 3 unspecified atom stereocenters. The van der Waals surface area contributed by atoms with E-state index in [1.165, 1.54) is 0 Å². The smallest absolute Gasteiger partial charge is 0.205 e. The fourth-order valence-electron chi connectivity index (χ4n) is 3.61. The van der Waals surface area contributed by atoms with Crippen LogP contribution in [0.15, 0.2) is 48.6 Å². The molecule has 3 rings (SSSR count). The van der Waals surface area contributed by atoms with Crippen molar-refractivity contribution in [1.82, 2.24) is 0 Å². The summed E-state index contributed by atoms with van der Waals surface area (Å²) in [6.07, 6.45) is 6.24. The van der Waals surface area contributed by atoms with Gasteiger partial charge >= 0.3 is 0 Å². The first-order valence-corrected chi connectivity index (χ1v) is 8.73. The fraction of sp³-hybridized carbons (Fsp3) is 0.381. The van der Waals surface area contributed by atoms with E-state index in [2.05, 4.69) is 0 Å². The highest BCUT2D eigenvalue weighted by atomic mass is 16.3. The monoisotopic (exact) mass is 352 g/mol. The number of benzene rings is 1. The maximum atomic E-state index is 13.0. The predicted octanol–water partition coefficient (Wildman–Crippen LogP) is 0.788. The Balaban J connectivity index is 1.87. The molecule has 2 aliphatic carbocycles. The third-order valence-electron chi connectivity index (χ3n) is 5.19. The summed E-state index contributed by atoms with van der Waals surface area (Å²) >= 11 is 0. The van der Waals surface area contributed by atoms with Gasteiger partial charge in [0.2, 0.25) is 11.6 Å². The van der Waals surface area contributed by atoms with E-state index in [9.17, 15) is 14.7 Å². The van der Waals surface area contributed by atoms with Crippen LogP contribution < -0.4 is 10.0 Å². The topological polar surface area (TPSA) is 63.5 Å². The predicted molar refractivity (Wildman–Crippen MR) is 99.7 cm³/mol. The molecule has 0 spiro atoms. The second-order valence-corrected chi connectivity index (χ2v) is 7.30. The maximum absolute atomic E-state index is 13.0. The molecule has 26 heavy (non-hydrogen) atoms. The maximum Gasteiger partial charge on any atom is 0.205 e. The second-order valence-electron chi connectivity index (χ2n) is 7.30. The fourth-order valence-corrected chi connectivity index (χ4v) is 3.61. The van der Waals surface area contributed by atoms with Crippen molar-refractivity contribution in [2.75, 3.05) is 33.1 Å². The van der Waals surface area contributed by atoms with Gasteiger partial charge in [0.15, 0.2) is 5.71 Å². The Morgan fingerprint density at radius 2 is 1.54 bits per heavy atom. The van der Waals surface area contributed by atoms with Crippen molar-refractivity contribution in [2.45, 2.75) is 12.0 Å². The molecule has 3 atom stereocenters. The van der Waals surface area contributed by atoms with Gasteiger partial charge in [-0.1, -0.05) is 24.3 Å². The molecule has 0 aliphatic heterocycles. The van der Waals surface area contributed by atoms with Crippen LogP contribution >= 0.6 is 0 Å². The van der Waals surface area contributed by atoms with E-state index in [-0.39, 0.29) is 5.92 Å². The summed E-state index contributed by atoms with van der Waals surface area (Å²) in [7, 11) is 7.70. The van der Waals surface area contributed by atoms with E-state index < -0.39 is 29.5 Å². The summed E-state index contributed by atoms with van der Waals surface area (Å²) in [4.78, 5) is 27.0. The van der Waals surface area contributed by atoms with Crippen LogP contribution in [0.1, 0.15) is 11.5 Å². The minimum Gasteiger partial charge on any atom is -0.851 e. The zero-order valence-corrected chi connectivity index (χ0v) is 15.5. The van der Waals surface area contributed by atoms with Crippen molar-refractivity contribution in [3.8, 4) is 0 Å². The van der Waals surface area contributed by atoms with Crippen molar-refractivity contribution < 1.29 is 19.3 Å². The van der Waals surface area contributed by atoms with Crippen LogP contribution in [0, 0.1) is 11.8 Å². The van der Waals surface area contributed by atoms with Crippen LogP contribution in [-0.4, -0.2) is 56.1 Å². The Morgan fingerprint density at radius 3 is 2.04 bits per heavy atom. The minimum atomic E-state index is -1.26. The van der Waals surface area contributed by atoms with Crippen LogP contribution in [0.3, 0.4) is 0 Å². The molecule has 0 saturated heterocycles. The third kappa shape index (κ3) is 3.15. The number of hydrogen-bond acceptors (Lipinski definition) is 4. The van der Waals surface area contributed by atoms with E-state index in [4.69, 9.17) is 0 Å². The van der Waals surface area contributed by atoms with Crippen molar-refractivity contribution in [2.24, 2.45) is 11.8 Å². The number of ketones is 2. The van der Waals surface area contributed by atoms with E-state index >= 15 is 0 Å². The van der Waals surface area contributed by atoms with Gasteiger partial charge in [0.1, 0.15) is 14.1 Å². The highest BCUT2D eigenvalue weighted by Crippen LogP contribution is 2.38. The lowest BCUT2D eigenvalue weighted by Crippen LogP contribution is -2.39. The number of carbonyl (C=O) groups is 2. The first-order valence-electron chi connectivity index (χ1n) is 8.73. The Kier molecular flexibility index (Phi) is 4.92. The number of carbonyl (C=O) groups excluding carboxylic acids is 2. The number of nitrogens with zero attached hydrogens (tertiary/aromatic N) is 2. The lowest BCUT2D eigenvalue weighted by molar-refractivity contribution is -0.462. The molecule has 136 valence electrons. The summed E-state index contributed by atoms with van der Waals surface area (Å²) in [5.74, 6) is -3.17. The largest absolute Gasteiger partial charge is 0.851 e. The molecule has 0 amide bonds. The zero-order chi connectivity index (χ0) is 19.0. The van der Waals surface area contributed by atoms with Gasteiger partial charge < -0.3 is 10.0 Å². The lowest BCUT2D eigenvalue weighted by Gasteiger charge is -2.31. The van der Waals surface area contributed by atoms with Crippen LogP contribution in [0.25, 0.3) is 0 Å². The first-order chi connectivity index (χ1) is 12.3. The average Bonchev–Trinajstić information content (AvgIpc) is 2.84. The molecule has 0 bridgehead atoms. The molecule has 1 aromatic rings. The Bertz CT molecular complexity index is 798. The highest BCUT2D eigenvalue weighted by molar-refractivity contribution is 6.42. The van der Waals surface area contributed by atoms with Gasteiger partial charge in [-0.05, 0) is 17.7 Å². The Morgan fingerprint density at radius 1 is 0.962 bits per heavy atom. The number of allylic oxidation sites excluding steroid dienone is 4. The van der Waals surface area contributed by atoms with Gasteiger partial charge in [0.25, 0.3) is 0 Å².